The lowest BCUT2D eigenvalue weighted by molar-refractivity contribution is -0.389. The molecule has 0 aliphatic carbocycles. The Kier molecular flexibility index (Phi) is 3.24. The van der Waals surface area contributed by atoms with E-state index in [2.05, 4.69) is 15.3 Å². The average molecular weight is 342 g/mol. The molecule has 3 aromatic heterocycles. The van der Waals surface area contributed by atoms with E-state index >= 15 is 0 Å². The molecule has 1 aromatic carbocycles. The fraction of sp³-hybridized carbons (Fsp3) is 0.200. The van der Waals surface area contributed by atoms with Gasteiger partial charge in [-0.1, -0.05) is 23.5 Å². The summed E-state index contributed by atoms with van der Waals surface area (Å²) in [6.07, 6.45) is 1.65. The van der Waals surface area contributed by atoms with E-state index < -0.39 is 4.92 Å². The Morgan fingerprint density at radius 2 is 2.21 bits per heavy atom. The van der Waals surface area contributed by atoms with Gasteiger partial charge in [-0.15, -0.1) is 0 Å². The summed E-state index contributed by atoms with van der Waals surface area (Å²) >= 11 is 1.36. The van der Waals surface area contributed by atoms with Gasteiger partial charge in [0.15, 0.2) is 0 Å². The zero-order valence-corrected chi connectivity index (χ0v) is 13.9. The third-order valence-electron chi connectivity index (χ3n) is 4.01. The van der Waals surface area contributed by atoms with Crippen LogP contribution in [-0.2, 0) is 13.6 Å². The van der Waals surface area contributed by atoms with E-state index in [4.69, 9.17) is 0 Å². The molecule has 0 radical (unpaired) electrons. The van der Waals surface area contributed by atoms with Crippen molar-refractivity contribution in [3.05, 3.63) is 51.3 Å². The van der Waals surface area contributed by atoms with Crippen LogP contribution in [0.4, 0.5) is 11.6 Å². The zero-order chi connectivity index (χ0) is 16.8. The van der Waals surface area contributed by atoms with Crippen LogP contribution in [0, 0.1) is 17.0 Å². The van der Waals surface area contributed by atoms with Crippen LogP contribution in [0.25, 0.3) is 16.0 Å². The molecule has 4 rings (SSSR count). The van der Waals surface area contributed by atoms with E-state index in [9.17, 15) is 10.1 Å². The normalized spacial score (nSPS) is 11.4. The summed E-state index contributed by atoms with van der Waals surface area (Å²) in [4.78, 5) is 20.4. The number of benzene rings is 1. The van der Waals surface area contributed by atoms with Gasteiger partial charge < -0.3 is 20.0 Å². The maximum absolute atomic E-state index is 11.3. The molecular formula is C15H14N6O2S. The maximum atomic E-state index is 11.3. The van der Waals surface area contributed by atoms with E-state index in [-0.39, 0.29) is 11.6 Å². The number of para-hydroxylation sites is 1. The van der Waals surface area contributed by atoms with Gasteiger partial charge in [-0.05, 0) is 23.5 Å². The third kappa shape index (κ3) is 2.13. The molecular weight excluding hydrogens is 328 g/mol. The van der Waals surface area contributed by atoms with Crippen molar-refractivity contribution < 1.29 is 4.92 Å². The molecule has 24 heavy (non-hydrogen) atoms. The fourth-order valence-electron chi connectivity index (χ4n) is 2.90. The van der Waals surface area contributed by atoms with E-state index in [1.54, 1.807) is 11.6 Å². The number of fused-ring (bicyclic) bond motifs is 2. The molecule has 0 bridgehead atoms. The number of nitrogens with one attached hydrogen (secondary N) is 1. The standard InChI is InChI=1S/C15H14N6O2S/c1-9-4-3-5-10-12(9)19(2)11(17-10)8-16-13-14(21(22)23)20-6-7-24-15(20)18-13/h3-7,16H,8H2,1-2H3. The highest BCUT2D eigenvalue weighted by atomic mass is 32.1. The van der Waals surface area contributed by atoms with Crippen molar-refractivity contribution in [3.63, 3.8) is 0 Å². The molecule has 0 aliphatic rings. The molecule has 4 aromatic rings. The molecule has 122 valence electrons. The van der Waals surface area contributed by atoms with Gasteiger partial charge in [0.25, 0.3) is 4.96 Å². The van der Waals surface area contributed by atoms with Gasteiger partial charge in [0.05, 0.1) is 17.6 Å². The van der Waals surface area contributed by atoms with Crippen molar-refractivity contribution in [1.82, 2.24) is 18.9 Å². The Morgan fingerprint density at radius 1 is 1.38 bits per heavy atom. The molecule has 0 atom stereocenters. The molecule has 0 aliphatic heterocycles. The Labute approximate surface area is 140 Å². The second-order valence-corrected chi connectivity index (χ2v) is 6.35. The van der Waals surface area contributed by atoms with E-state index in [1.807, 2.05) is 36.7 Å². The van der Waals surface area contributed by atoms with Crippen LogP contribution in [0.1, 0.15) is 11.4 Å². The molecule has 0 saturated carbocycles. The Morgan fingerprint density at radius 3 is 2.96 bits per heavy atom. The summed E-state index contributed by atoms with van der Waals surface area (Å²) in [6, 6.07) is 5.96. The number of anilines is 1. The highest BCUT2D eigenvalue weighted by Gasteiger charge is 2.23. The van der Waals surface area contributed by atoms with Gasteiger partial charge in [-0.25, -0.2) is 4.98 Å². The first-order chi connectivity index (χ1) is 11.6. The number of nitro groups is 1. The average Bonchev–Trinajstić information content (AvgIpc) is 3.18. The largest absolute Gasteiger partial charge is 0.372 e. The van der Waals surface area contributed by atoms with Crippen LogP contribution >= 0.6 is 11.3 Å². The van der Waals surface area contributed by atoms with Crippen molar-refractivity contribution in [2.24, 2.45) is 7.05 Å². The highest BCUT2D eigenvalue weighted by molar-refractivity contribution is 7.15. The number of hydrogen-bond acceptors (Lipinski definition) is 6. The first-order valence-electron chi connectivity index (χ1n) is 7.31. The molecule has 3 heterocycles. The first kappa shape index (κ1) is 14.6. The zero-order valence-electron chi connectivity index (χ0n) is 13.1. The van der Waals surface area contributed by atoms with Gasteiger partial charge in [-0.2, -0.15) is 9.38 Å². The van der Waals surface area contributed by atoms with Gasteiger partial charge in [-0.3, -0.25) is 0 Å². The van der Waals surface area contributed by atoms with Gasteiger partial charge in [0.1, 0.15) is 12.0 Å². The quantitative estimate of drug-likeness (QED) is 0.454. The Bertz CT molecular complexity index is 1080. The number of rotatable bonds is 4. The minimum absolute atomic E-state index is 0.0544. The number of hydrogen-bond donors (Lipinski definition) is 1. The minimum Gasteiger partial charge on any atom is -0.358 e. The van der Waals surface area contributed by atoms with Crippen molar-refractivity contribution in [1.29, 1.82) is 0 Å². The van der Waals surface area contributed by atoms with Gasteiger partial charge in [0.2, 0.25) is 5.82 Å². The molecule has 0 spiro atoms. The van der Waals surface area contributed by atoms with Crippen LogP contribution in [0.5, 0.6) is 0 Å². The number of nitrogens with zero attached hydrogens (tertiary/aromatic N) is 5. The molecule has 0 unspecified atom stereocenters. The van der Waals surface area contributed by atoms with Gasteiger partial charge >= 0.3 is 5.82 Å². The van der Waals surface area contributed by atoms with Crippen LogP contribution in [0.2, 0.25) is 0 Å². The third-order valence-corrected chi connectivity index (χ3v) is 4.77. The molecule has 9 heteroatoms. The van der Waals surface area contributed by atoms with E-state index in [0.29, 0.717) is 11.5 Å². The Balaban J connectivity index is 1.70. The molecule has 0 saturated heterocycles. The van der Waals surface area contributed by atoms with Crippen molar-refractivity contribution >= 4 is 39.0 Å². The molecule has 1 N–H and O–H groups in total. The smallest absolute Gasteiger partial charge is 0.358 e. The van der Waals surface area contributed by atoms with Crippen LogP contribution in [0.15, 0.2) is 29.8 Å². The van der Waals surface area contributed by atoms with Crippen LogP contribution in [-0.4, -0.2) is 23.9 Å². The van der Waals surface area contributed by atoms with Crippen LogP contribution < -0.4 is 5.32 Å². The Hall–Kier alpha value is -2.94. The molecule has 8 nitrogen and oxygen atoms in total. The number of imidazole rings is 2. The summed E-state index contributed by atoms with van der Waals surface area (Å²) in [6.45, 7) is 2.39. The summed E-state index contributed by atoms with van der Waals surface area (Å²) in [5.74, 6) is 1.00. The predicted octanol–water partition coefficient (Wildman–Crippen LogP) is 3.11. The highest BCUT2D eigenvalue weighted by Crippen LogP contribution is 2.28. The maximum Gasteiger partial charge on any atom is 0.372 e. The second-order valence-electron chi connectivity index (χ2n) is 5.48. The SMILES string of the molecule is Cc1cccc2nc(CNc3nc4sccn4c3[N+](=O)[O-])n(C)c12. The molecule has 0 amide bonds. The predicted molar refractivity (Wildman–Crippen MR) is 92.5 cm³/mol. The summed E-state index contributed by atoms with van der Waals surface area (Å²) < 4.78 is 3.48. The monoisotopic (exact) mass is 342 g/mol. The van der Waals surface area contributed by atoms with Crippen molar-refractivity contribution in [2.45, 2.75) is 13.5 Å². The van der Waals surface area contributed by atoms with E-state index in [1.165, 1.54) is 15.7 Å². The van der Waals surface area contributed by atoms with Crippen LogP contribution in [0.3, 0.4) is 0 Å². The minimum atomic E-state index is -0.422. The fourth-order valence-corrected chi connectivity index (χ4v) is 3.61. The summed E-state index contributed by atoms with van der Waals surface area (Å²) in [5, 5.41) is 16.2. The van der Waals surface area contributed by atoms with Crippen molar-refractivity contribution in [2.75, 3.05) is 5.32 Å². The number of aromatic nitrogens is 4. The second kappa shape index (κ2) is 5.31. The summed E-state index contributed by atoms with van der Waals surface area (Å²) in [5.41, 5.74) is 3.12. The topological polar surface area (TPSA) is 90.3 Å². The number of aryl methyl sites for hydroxylation is 2. The van der Waals surface area contributed by atoms with Crippen molar-refractivity contribution in [3.8, 4) is 0 Å². The first-order valence-corrected chi connectivity index (χ1v) is 8.19. The number of thiazole rings is 1. The van der Waals surface area contributed by atoms with Gasteiger partial charge in [0, 0.05) is 12.4 Å². The lowest BCUT2D eigenvalue weighted by Crippen LogP contribution is -2.08. The lowest BCUT2D eigenvalue weighted by atomic mass is 10.2. The van der Waals surface area contributed by atoms with E-state index in [0.717, 1.165) is 22.4 Å². The summed E-state index contributed by atoms with van der Waals surface area (Å²) in [7, 11) is 1.94. The lowest BCUT2D eigenvalue weighted by Gasteiger charge is -2.05. The molecule has 0 fully saturated rings.